The number of nitrogens with one attached hydrogen (secondary N) is 1. The van der Waals surface area contributed by atoms with Crippen molar-refractivity contribution in [2.45, 2.75) is 62.4 Å². The molecule has 1 N–H and O–H groups in total. The third kappa shape index (κ3) is 4.81. The number of hydrogen-bond acceptors (Lipinski definition) is 5. The maximum atomic E-state index is 13.5. The zero-order valence-electron chi connectivity index (χ0n) is 17.6. The van der Waals surface area contributed by atoms with Crippen LogP contribution in [0.25, 0.3) is 0 Å². The Balaban J connectivity index is 1.61. The normalized spacial score (nSPS) is 23.5. The lowest BCUT2D eigenvalue weighted by molar-refractivity contribution is 0.0857. The van der Waals surface area contributed by atoms with Gasteiger partial charge in [-0.05, 0) is 63.1 Å². The Bertz CT molecular complexity index is 840. The van der Waals surface area contributed by atoms with Gasteiger partial charge in [-0.2, -0.15) is 4.31 Å². The second kappa shape index (κ2) is 9.66. The number of ether oxygens (including phenoxy) is 1. The van der Waals surface area contributed by atoms with Crippen LogP contribution in [0.1, 0.15) is 61.7 Å². The van der Waals surface area contributed by atoms with Crippen molar-refractivity contribution in [2.24, 2.45) is 0 Å². The summed E-state index contributed by atoms with van der Waals surface area (Å²) in [5.41, 5.74) is 1.13. The molecular weight excluding hydrogens is 402 g/mol. The van der Waals surface area contributed by atoms with Gasteiger partial charge in [0.15, 0.2) is 0 Å². The lowest BCUT2D eigenvalue weighted by Crippen LogP contribution is -2.38. The van der Waals surface area contributed by atoms with Gasteiger partial charge in [-0.25, -0.2) is 8.42 Å². The van der Waals surface area contributed by atoms with Crippen LogP contribution in [0.15, 0.2) is 23.1 Å². The van der Waals surface area contributed by atoms with Gasteiger partial charge in [0.25, 0.3) is 5.91 Å². The quantitative estimate of drug-likeness (QED) is 0.743. The summed E-state index contributed by atoms with van der Waals surface area (Å²) >= 11 is 0. The number of carbonyl (C=O) groups excluding carboxylic acids is 1. The van der Waals surface area contributed by atoms with Crippen molar-refractivity contribution in [1.29, 1.82) is 0 Å². The van der Waals surface area contributed by atoms with Crippen LogP contribution in [0.4, 0.5) is 5.69 Å². The van der Waals surface area contributed by atoms with E-state index in [1.165, 1.54) is 6.42 Å². The molecule has 3 saturated heterocycles. The topological polar surface area (TPSA) is 79.0 Å². The van der Waals surface area contributed by atoms with Crippen molar-refractivity contribution in [3.8, 4) is 0 Å². The second-order valence-corrected chi connectivity index (χ2v) is 10.4. The number of hydrogen-bond donors (Lipinski definition) is 1. The fourth-order valence-corrected chi connectivity index (χ4v) is 6.37. The van der Waals surface area contributed by atoms with Gasteiger partial charge >= 0.3 is 0 Å². The summed E-state index contributed by atoms with van der Waals surface area (Å²) in [5.74, 6) is -0.245. The summed E-state index contributed by atoms with van der Waals surface area (Å²) in [4.78, 5) is 15.2. The average Bonchev–Trinajstić information content (AvgIpc) is 3.32. The van der Waals surface area contributed by atoms with E-state index in [2.05, 4.69) is 10.2 Å². The van der Waals surface area contributed by atoms with Gasteiger partial charge in [-0.15, -0.1) is 0 Å². The molecule has 8 heteroatoms. The van der Waals surface area contributed by atoms with Crippen LogP contribution < -0.4 is 10.2 Å². The van der Waals surface area contributed by atoms with Gasteiger partial charge < -0.3 is 15.0 Å². The summed E-state index contributed by atoms with van der Waals surface area (Å²) in [6.45, 7) is 4.01. The molecule has 30 heavy (non-hydrogen) atoms. The van der Waals surface area contributed by atoms with Crippen LogP contribution in [0.3, 0.4) is 0 Å². The Kier molecular flexibility index (Phi) is 6.95. The number of anilines is 1. The molecule has 166 valence electrons. The molecule has 0 aliphatic carbocycles. The van der Waals surface area contributed by atoms with E-state index in [4.69, 9.17) is 4.74 Å². The molecule has 1 aromatic carbocycles. The molecule has 0 bridgehead atoms. The van der Waals surface area contributed by atoms with E-state index in [9.17, 15) is 13.2 Å². The molecule has 3 aliphatic heterocycles. The summed E-state index contributed by atoms with van der Waals surface area (Å²) in [7, 11) is -3.64. The van der Waals surface area contributed by atoms with E-state index in [0.717, 1.165) is 70.3 Å². The van der Waals surface area contributed by atoms with E-state index >= 15 is 0 Å². The minimum Gasteiger partial charge on any atom is -0.376 e. The highest BCUT2D eigenvalue weighted by molar-refractivity contribution is 7.89. The molecule has 0 aromatic heterocycles. The Morgan fingerprint density at radius 1 is 1.00 bits per heavy atom. The van der Waals surface area contributed by atoms with Crippen LogP contribution >= 0.6 is 0 Å². The van der Waals surface area contributed by atoms with Crippen LogP contribution in [-0.4, -0.2) is 64.1 Å². The van der Waals surface area contributed by atoms with Crippen molar-refractivity contribution in [1.82, 2.24) is 9.62 Å². The highest BCUT2D eigenvalue weighted by Gasteiger charge is 2.31. The number of nitrogens with zero attached hydrogens (tertiary/aromatic N) is 2. The average molecular weight is 436 g/mol. The summed E-state index contributed by atoms with van der Waals surface area (Å²) in [5, 5.41) is 2.91. The fraction of sp³-hybridized carbons (Fsp3) is 0.682. The van der Waals surface area contributed by atoms with Gasteiger partial charge in [0.05, 0.1) is 11.8 Å². The molecule has 7 nitrogen and oxygen atoms in total. The zero-order valence-corrected chi connectivity index (χ0v) is 18.5. The third-order valence-electron chi connectivity index (χ3n) is 6.37. The number of piperidine rings is 2. The Morgan fingerprint density at radius 3 is 2.37 bits per heavy atom. The first-order valence-electron chi connectivity index (χ1n) is 11.3. The molecular formula is C22H33N3O4S. The summed E-state index contributed by atoms with van der Waals surface area (Å²) in [6.07, 6.45) is 8.16. The Labute approximate surface area is 179 Å². The van der Waals surface area contributed by atoms with Crippen molar-refractivity contribution in [3.63, 3.8) is 0 Å². The second-order valence-electron chi connectivity index (χ2n) is 8.54. The van der Waals surface area contributed by atoms with Crippen LogP contribution in [0, 0.1) is 0 Å². The minimum atomic E-state index is -3.64. The van der Waals surface area contributed by atoms with E-state index in [1.807, 2.05) is 6.07 Å². The standard InChI is InChI=1S/C22H33N3O4S/c26-22(23-17-19-8-7-15-29-19)18-9-10-20(24-11-3-1-4-12-24)21(16-18)30(27,28)25-13-5-2-6-14-25/h9-10,16,19H,1-8,11-15,17H2,(H,23,26). The molecule has 0 spiro atoms. The maximum Gasteiger partial charge on any atom is 0.251 e. The molecule has 3 heterocycles. The minimum absolute atomic E-state index is 0.0538. The number of benzene rings is 1. The predicted octanol–water partition coefficient (Wildman–Crippen LogP) is 2.76. The first-order chi connectivity index (χ1) is 14.6. The fourth-order valence-electron chi connectivity index (χ4n) is 4.62. The van der Waals surface area contributed by atoms with Gasteiger partial charge in [0.2, 0.25) is 10.0 Å². The monoisotopic (exact) mass is 435 g/mol. The SMILES string of the molecule is O=C(NCC1CCCO1)c1ccc(N2CCCCC2)c(S(=O)(=O)N2CCCCC2)c1. The number of sulfonamides is 1. The first-order valence-corrected chi connectivity index (χ1v) is 12.8. The van der Waals surface area contributed by atoms with Gasteiger partial charge in [-0.1, -0.05) is 6.42 Å². The Morgan fingerprint density at radius 2 is 1.70 bits per heavy atom. The molecule has 0 radical (unpaired) electrons. The van der Waals surface area contributed by atoms with E-state index < -0.39 is 10.0 Å². The van der Waals surface area contributed by atoms with Crippen LogP contribution in [-0.2, 0) is 14.8 Å². The van der Waals surface area contributed by atoms with Crippen LogP contribution in [0.2, 0.25) is 0 Å². The molecule has 1 unspecified atom stereocenters. The lowest BCUT2D eigenvalue weighted by Gasteiger charge is -2.33. The van der Waals surface area contributed by atoms with Gasteiger partial charge in [-0.3, -0.25) is 4.79 Å². The summed E-state index contributed by atoms with van der Waals surface area (Å²) < 4.78 is 34.2. The van der Waals surface area contributed by atoms with E-state index in [0.29, 0.717) is 25.2 Å². The molecule has 1 aromatic rings. The number of rotatable bonds is 6. The van der Waals surface area contributed by atoms with Crippen molar-refractivity contribution < 1.29 is 17.9 Å². The van der Waals surface area contributed by atoms with Gasteiger partial charge in [0.1, 0.15) is 4.90 Å². The first kappa shape index (κ1) is 21.6. The zero-order chi connectivity index (χ0) is 21.0. The van der Waals surface area contributed by atoms with Crippen molar-refractivity contribution in [3.05, 3.63) is 23.8 Å². The molecule has 3 fully saturated rings. The Hall–Kier alpha value is -1.64. The number of carbonyl (C=O) groups is 1. The van der Waals surface area contributed by atoms with E-state index in [1.54, 1.807) is 16.4 Å². The maximum absolute atomic E-state index is 13.5. The summed E-state index contributed by atoms with van der Waals surface area (Å²) in [6, 6.07) is 5.16. The highest BCUT2D eigenvalue weighted by Crippen LogP contribution is 2.32. The van der Waals surface area contributed by atoms with Crippen molar-refractivity contribution >= 4 is 21.6 Å². The molecule has 3 aliphatic rings. The molecule has 1 amide bonds. The van der Waals surface area contributed by atoms with Crippen LogP contribution in [0.5, 0.6) is 0 Å². The molecule has 0 saturated carbocycles. The van der Waals surface area contributed by atoms with E-state index in [-0.39, 0.29) is 16.9 Å². The smallest absolute Gasteiger partial charge is 0.251 e. The molecule has 4 rings (SSSR count). The van der Waals surface area contributed by atoms with Gasteiger partial charge in [0, 0.05) is 44.9 Å². The third-order valence-corrected chi connectivity index (χ3v) is 8.29. The highest BCUT2D eigenvalue weighted by atomic mass is 32.2. The number of amides is 1. The van der Waals surface area contributed by atoms with Crippen molar-refractivity contribution in [2.75, 3.05) is 44.2 Å². The molecule has 1 atom stereocenters. The predicted molar refractivity (Wildman–Crippen MR) is 116 cm³/mol. The largest absolute Gasteiger partial charge is 0.376 e. The lowest BCUT2D eigenvalue weighted by atomic mass is 10.1.